The Hall–Kier alpha value is -1.45. The van der Waals surface area contributed by atoms with E-state index in [4.69, 9.17) is 0 Å². The maximum Gasteiger partial charge on any atom is 0.310 e. The molecule has 0 aliphatic heterocycles. The first-order chi connectivity index (χ1) is 10.5. The second-order valence-corrected chi connectivity index (χ2v) is 4.74. The Balaban J connectivity index is 0.00000484. The fraction of sp³-hybridized carbons (Fsp3) is 0.467. The van der Waals surface area contributed by atoms with E-state index in [9.17, 15) is 13.6 Å². The smallest absolute Gasteiger partial charge is 0.310 e. The molecule has 1 aromatic carbocycles. The van der Waals surface area contributed by atoms with Crippen LogP contribution in [-0.4, -0.2) is 32.1 Å². The van der Waals surface area contributed by atoms with Gasteiger partial charge in [-0.15, -0.1) is 24.0 Å². The summed E-state index contributed by atoms with van der Waals surface area (Å²) in [4.78, 5) is 15.5. The molecule has 0 bridgehead atoms. The van der Waals surface area contributed by atoms with Crippen molar-refractivity contribution in [1.29, 1.82) is 0 Å². The number of carbonyl (C=O) groups is 1. The quantitative estimate of drug-likeness (QED) is 0.308. The molecule has 1 rings (SSSR count). The summed E-state index contributed by atoms with van der Waals surface area (Å²) in [6.07, 6.45) is 0. The van der Waals surface area contributed by atoms with Crippen LogP contribution >= 0.6 is 24.0 Å². The lowest BCUT2D eigenvalue weighted by Crippen LogP contribution is -2.40. The van der Waals surface area contributed by atoms with Gasteiger partial charge in [0.05, 0.1) is 19.6 Å². The highest BCUT2D eigenvalue weighted by Crippen LogP contribution is 2.10. The van der Waals surface area contributed by atoms with Gasteiger partial charge in [0, 0.05) is 18.7 Å². The second-order valence-electron chi connectivity index (χ2n) is 4.74. The third-order valence-electron chi connectivity index (χ3n) is 2.94. The van der Waals surface area contributed by atoms with Gasteiger partial charge >= 0.3 is 5.97 Å². The molecule has 5 nitrogen and oxygen atoms in total. The highest BCUT2D eigenvalue weighted by atomic mass is 127. The predicted octanol–water partition coefficient (Wildman–Crippen LogP) is 2.45. The monoisotopic (exact) mass is 441 g/mol. The van der Waals surface area contributed by atoms with Crippen LogP contribution in [0, 0.1) is 17.6 Å². The molecule has 1 atom stereocenters. The molecule has 0 aliphatic carbocycles. The number of nitrogens with zero attached hydrogens (tertiary/aromatic N) is 1. The van der Waals surface area contributed by atoms with Crippen LogP contribution in [0.1, 0.15) is 19.4 Å². The number of aliphatic imine (C=N–C) groups is 1. The zero-order valence-electron chi connectivity index (χ0n) is 13.4. The Morgan fingerprint density at radius 1 is 1.35 bits per heavy atom. The maximum atomic E-state index is 13.5. The standard InChI is InChI=1S/C15H21F2N3O2.HI/c1-4-18-15(19-8-10(2)14(21)22-3)20-9-11-7-12(16)5-6-13(11)17;/h5-7,10H,4,8-9H2,1-3H3,(H2,18,19,20);1H. The molecule has 0 spiro atoms. The van der Waals surface area contributed by atoms with E-state index in [1.807, 2.05) is 6.92 Å². The summed E-state index contributed by atoms with van der Waals surface area (Å²) in [6.45, 7) is 4.51. The fourth-order valence-electron chi connectivity index (χ4n) is 1.70. The minimum Gasteiger partial charge on any atom is -0.469 e. The third-order valence-corrected chi connectivity index (χ3v) is 2.94. The van der Waals surface area contributed by atoms with Gasteiger partial charge in [0.25, 0.3) is 0 Å². The lowest BCUT2D eigenvalue weighted by Gasteiger charge is -2.14. The first-order valence-corrected chi connectivity index (χ1v) is 7.01. The molecule has 23 heavy (non-hydrogen) atoms. The Kier molecular flexibility index (Phi) is 10.4. The van der Waals surface area contributed by atoms with Crippen molar-refractivity contribution in [3.05, 3.63) is 35.4 Å². The van der Waals surface area contributed by atoms with Crippen LogP contribution in [-0.2, 0) is 16.1 Å². The highest BCUT2D eigenvalue weighted by Gasteiger charge is 2.13. The number of guanidine groups is 1. The number of benzene rings is 1. The number of nitrogens with one attached hydrogen (secondary N) is 2. The summed E-state index contributed by atoms with van der Waals surface area (Å²) in [5.41, 5.74) is 0.165. The largest absolute Gasteiger partial charge is 0.469 e. The number of halogens is 3. The van der Waals surface area contributed by atoms with Crippen LogP contribution in [0.3, 0.4) is 0 Å². The van der Waals surface area contributed by atoms with Gasteiger partial charge in [0.2, 0.25) is 0 Å². The molecular formula is C15H22F2IN3O2. The normalized spacial score (nSPS) is 12.1. The van der Waals surface area contributed by atoms with E-state index in [1.54, 1.807) is 6.92 Å². The predicted molar refractivity (Wildman–Crippen MR) is 95.8 cm³/mol. The van der Waals surface area contributed by atoms with Crippen molar-refractivity contribution in [2.45, 2.75) is 20.4 Å². The van der Waals surface area contributed by atoms with Crippen molar-refractivity contribution in [3.8, 4) is 0 Å². The van der Waals surface area contributed by atoms with Gasteiger partial charge in [-0.3, -0.25) is 4.79 Å². The average molecular weight is 441 g/mol. The van der Waals surface area contributed by atoms with Crippen molar-refractivity contribution >= 4 is 35.9 Å². The summed E-state index contributed by atoms with van der Waals surface area (Å²) >= 11 is 0. The van der Waals surface area contributed by atoms with Crippen LogP contribution < -0.4 is 10.6 Å². The highest BCUT2D eigenvalue weighted by molar-refractivity contribution is 14.0. The van der Waals surface area contributed by atoms with Crippen LogP contribution in [0.5, 0.6) is 0 Å². The number of rotatable bonds is 6. The van der Waals surface area contributed by atoms with Gasteiger partial charge in [0.1, 0.15) is 11.6 Å². The molecule has 0 fully saturated rings. The molecule has 0 saturated heterocycles. The first kappa shape index (κ1) is 21.6. The SMILES string of the molecule is CCNC(=NCc1cc(F)ccc1F)NCC(C)C(=O)OC.I. The van der Waals surface area contributed by atoms with Gasteiger partial charge < -0.3 is 15.4 Å². The first-order valence-electron chi connectivity index (χ1n) is 7.01. The summed E-state index contributed by atoms with van der Waals surface area (Å²) < 4.78 is 31.3. The molecule has 0 amide bonds. The zero-order chi connectivity index (χ0) is 16.5. The molecule has 0 aromatic heterocycles. The van der Waals surface area contributed by atoms with E-state index in [2.05, 4.69) is 20.4 Å². The van der Waals surface area contributed by atoms with Crippen LogP contribution in [0.25, 0.3) is 0 Å². The molecule has 0 saturated carbocycles. The fourth-order valence-corrected chi connectivity index (χ4v) is 1.70. The minimum absolute atomic E-state index is 0. The molecular weight excluding hydrogens is 419 g/mol. The van der Waals surface area contributed by atoms with Gasteiger partial charge in [-0.25, -0.2) is 13.8 Å². The molecule has 8 heteroatoms. The van der Waals surface area contributed by atoms with E-state index in [1.165, 1.54) is 7.11 Å². The molecule has 130 valence electrons. The number of hydrogen-bond donors (Lipinski definition) is 2. The molecule has 0 heterocycles. The maximum absolute atomic E-state index is 13.5. The average Bonchev–Trinajstić information content (AvgIpc) is 2.51. The van der Waals surface area contributed by atoms with E-state index in [0.717, 1.165) is 18.2 Å². The number of ether oxygens (including phenoxy) is 1. The van der Waals surface area contributed by atoms with Crippen molar-refractivity contribution in [1.82, 2.24) is 10.6 Å². The lowest BCUT2D eigenvalue weighted by molar-refractivity contribution is -0.144. The Morgan fingerprint density at radius 2 is 2.04 bits per heavy atom. The summed E-state index contributed by atoms with van der Waals surface area (Å²) in [6, 6.07) is 3.24. The number of esters is 1. The Bertz CT molecular complexity index is 541. The van der Waals surface area contributed by atoms with E-state index < -0.39 is 11.6 Å². The van der Waals surface area contributed by atoms with Crippen molar-refractivity contribution in [3.63, 3.8) is 0 Å². The van der Waals surface area contributed by atoms with Crippen molar-refractivity contribution in [2.24, 2.45) is 10.9 Å². The molecule has 1 unspecified atom stereocenters. The number of methoxy groups -OCH3 is 1. The van der Waals surface area contributed by atoms with Crippen LogP contribution in [0.15, 0.2) is 23.2 Å². The number of hydrogen-bond acceptors (Lipinski definition) is 3. The molecule has 2 N–H and O–H groups in total. The molecule has 1 aromatic rings. The van der Waals surface area contributed by atoms with Gasteiger partial charge in [-0.2, -0.15) is 0 Å². The van der Waals surface area contributed by atoms with Gasteiger partial charge in [0.15, 0.2) is 5.96 Å². The third kappa shape index (κ3) is 7.58. The summed E-state index contributed by atoms with van der Waals surface area (Å²) in [7, 11) is 1.32. The van der Waals surface area contributed by atoms with E-state index >= 15 is 0 Å². The molecule has 0 aliphatic rings. The van der Waals surface area contributed by atoms with Crippen LogP contribution in [0.4, 0.5) is 8.78 Å². The zero-order valence-corrected chi connectivity index (χ0v) is 15.7. The van der Waals surface area contributed by atoms with E-state index in [0.29, 0.717) is 19.0 Å². The van der Waals surface area contributed by atoms with E-state index in [-0.39, 0.29) is 48.0 Å². The van der Waals surface area contributed by atoms with Crippen molar-refractivity contribution in [2.75, 3.05) is 20.2 Å². The summed E-state index contributed by atoms with van der Waals surface area (Å²) in [5.74, 6) is -1.28. The topological polar surface area (TPSA) is 62.7 Å². The van der Waals surface area contributed by atoms with Crippen molar-refractivity contribution < 1.29 is 18.3 Å². The van der Waals surface area contributed by atoms with Gasteiger partial charge in [-0.1, -0.05) is 6.92 Å². The summed E-state index contributed by atoms with van der Waals surface area (Å²) in [5, 5.41) is 5.93. The van der Waals surface area contributed by atoms with Gasteiger partial charge in [-0.05, 0) is 25.1 Å². The minimum atomic E-state index is -0.510. The lowest BCUT2D eigenvalue weighted by atomic mass is 10.2. The second kappa shape index (κ2) is 11.1. The Labute approximate surface area is 151 Å². The van der Waals surface area contributed by atoms with Crippen LogP contribution in [0.2, 0.25) is 0 Å². The number of carbonyl (C=O) groups excluding carboxylic acids is 1. The Morgan fingerprint density at radius 3 is 2.65 bits per heavy atom. The molecule has 0 radical (unpaired) electrons.